The van der Waals surface area contributed by atoms with Gasteiger partial charge in [-0.25, -0.2) is 0 Å². The Kier molecular flexibility index (Phi) is 8.66. The summed E-state index contributed by atoms with van der Waals surface area (Å²) in [7, 11) is 3.45. The minimum absolute atomic E-state index is 0. The Balaban J connectivity index is 0.00000261. The van der Waals surface area contributed by atoms with Gasteiger partial charge in [0.25, 0.3) is 5.91 Å². The zero-order valence-corrected chi connectivity index (χ0v) is 18.6. The normalized spacial score (nSPS) is 21.9. The Labute approximate surface area is 179 Å². The van der Waals surface area contributed by atoms with Gasteiger partial charge in [0.05, 0.1) is 7.11 Å². The summed E-state index contributed by atoms with van der Waals surface area (Å²) in [5.41, 5.74) is 0.638. The SMILES string of the molecule is CN=C(NCCNC(=O)c1ccc(OC)cc1)N1CC2CCCCC2C1.I. The Bertz CT molecular complexity index is 621. The van der Waals surface area contributed by atoms with Crippen LogP contribution >= 0.6 is 24.0 Å². The molecular weight excluding hydrogens is 455 g/mol. The van der Waals surface area contributed by atoms with Crippen LogP contribution in [0.25, 0.3) is 0 Å². The predicted octanol–water partition coefficient (Wildman–Crippen LogP) is 2.74. The second kappa shape index (κ2) is 10.7. The number of guanidine groups is 1. The highest BCUT2D eigenvalue weighted by molar-refractivity contribution is 14.0. The summed E-state index contributed by atoms with van der Waals surface area (Å²) >= 11 is 0. The molecule has 7 heteroatoms. The molecule has 1 saturated heterocycles. The maximum Gasteiger partial charge on any atom is 0.251 e. The predicted molar refractivity (Wildman–Crippen MR) is 119 cm³/mol. The van der Waals surface area contributed by atoms with Crippen LogP contribution in [0.15, 0.2) is 29.3 Å². The minimum Gasteiger partial charge on any atom is -0.497 e. The van der Waals surface area contributed by atoms with Crippen molar-refractivity contribution in [3.8, 4) is 5.75 Å². The highest BCUT2D eigenvalue weighted by Crippen LogP contribution is 2.35. The zero-order chi connectivity index (χ0) is 18.4. The first-order valence-electron chi connectivity index (χ1n) is 9.59. The van der Waals surface area contributed by atoms with E-state index >= 15 is 0 Å². The van der Waals surface area contributed by atoms with E-state index in [4.69, 9.17) is 4.74 Å². The Morgan fingerprint density at radius 1 is 1.11 bits per heavy atom. The molecule has 0 aromatic heterocycles. The molecule has 27 heavy (non-hydrogen) atoms. The second-order valence-electron chi connectivity index (χ2n) is 7.17. The van der Waals surface area contributed by atoms with E-state index < -0.39 is 0 Å². The maximum absolute atomic E-state index is 12.2. The van der Waals surface area contributed by atoms with Crippen molar-refractivity contribution in [1.29, 1.82) is 0 Å². The van der Waals surface area contributed by atoms with Crippen molar-refractivity contribution in [1.82, 2.24) is 15.5 Å². The van der Waals surface area contributed by atoms with E-state index in [0.717, 1.165) is 36.6 Å². The van der Waals surface area contributed by atoms with Gasteiger partial charge in [0.2, 0.25) is 0 Å². The van der Waals surface area contributed by atoms with Gasteiger partial charge in [0, 0.05) is 38.8 Å². The van der Waals surface area contributed by atoms with Gasteiger partial charge in [-0.3, -0.25) is 9.79 Å². The van der Waals surface area contributed by atoms with E-state index in [-0.39, 0.29) is 29.9 Å². The molecular formula is C20H31IN4O2. The molecule has 6 nitrogen and oxygen atoms in total. The van der Waals surface area contributed by atoms with Gasteiger partial charge in [-0.1, -0.05) is 12.8 Å². The van der Waals surface area contributed by atoms with Crippen LogP contribution in [0.5, 0.6) is 5.75 Å². The standard InChI is InChI=1S/C20H30N4O2.HI/c1-21-20(24-13-16-5-3-4-6-17(16)14-24)23-12-11-22-19(25)15-7-9-18(26-2)10-8-15;/h7-10,16-17H,3-6,11-14H2,1-2H3,(H,21,23)(H,22,25);1H. The van der Waals surface area contributed by atoms with Crippen LogP contribution in [-0.4, -0.2) is 57.1 Å². The number of hydrogen-bond acceptors (Lipinski definition) is 3. The monoisotopic (exact) mass is 486 g/mol. The van der Waals surface area contributed by atoms with Gasteiger partial charge in [-0.05, 0) is 48.9 Å². The highest BCUT2D eigenvalue weighted by atomic mass is 127. The summed E-state index contributed by atoms with van der Waals surface area (Å²) in [4.78, 5) is 19.0. The number of ether oxygens (including phenoxy) is 1. The second-order valence-corrected chi connectivity index (χ2v) is 7.17. The molecule has 1 aliphatic heterocycles. The third-order valence-electron chi connectivity index (χ3n) is 5.53. The highest BCUT2D eigenvalue weighted by Gasteiger charge is 2.35. The van der Waals surface area contributed by atoms with E-state index in [2.05, 4.69) is 20.5 Å². The first-order valence-corrected chi connectivity index (χ1v) is 9.59. The summed E-state index contributed by atoms with van der Waals surface area (Å²) in [6.45, 7) is 3.45. The number of halogens is 1. The summed E-state index contributed by atoms with van der Waals surface area (Å²) in [6.07, 6.45) is 5.46. The van der Waals surface area contributed by atoms with Crippen molar-refractivity contribution in [2.24, 2.45) is 16.8 Å². The molecule has 3 rings (SSSR count). The number of aliphatic imine (C=N–C) groups is 1. The fourth-order valence-corrected chi connectivity index (χ4v) is 4.11. The van der Waals surface area contributed by atoms with Crippen LogP contribution < -0.4 is 15.4 Å². The van der Waals surface area contributed by atoms with Crippen molar-refractivity contribution in [2.75, 3.05) is 40.3 Å². The number of methoxy groups -OCH3 is 1. The molecule has 2 fully saturated rings. The van der Waals surface area contributed by atoms with Gasteiger partial charge >= 0.3 is 0 Å². The molecule has 2 atom stereocenters. The van der Waals surface area contributed by atoms with Gasteiger partial charge < -0.3 is 20.3 Å². The summed E-state index contributed by atoms with van der Waals surface area (Å²) in [5.74, 6) is 3.29. The van der Waals surface area contributed by atoms with Crippen molar-refractivity contribution < 1.29 is 9.53 Å². The molecule has 2 aliphatic rings. The van der Waals surface area contributed by atoms with Crippen molar-refractivity contribution in [3.63, 3.8) is 0 Å². The lowest BCUT2D eigenvalue weighted by molar-refractivity contribution is 0.0954. The third-order valence-corrected chi connectivity index (χ3v) is 5.53. The fraction of sp³-hybridized carbons (Fsp3) is 0.600. The Morgan fingerprint density at radius 3 is 2.26 bits per heavy atom. The van der Waals surface area contributed by atoms with Crippen LogP contribution in [0.2, 0.25) is 0 Å². The number of fused-ring (bicyclic) bond motifs is 1. The lowest BCUT2D eigenvalue weighted by Gasteiger charge is -2.22. The van der Waals surface area contributed by atoms with Crippen LogP contribution in [0.3, 0.4) is 0 Å². The number of nitrogens with one attached hydrogen (secondary N) is 2. The first-order chi connectivity index (χ1) is 12.7. The van der Waals surface area contributed by atoms with Gasteiger partial charge in [0.1, 0.15) is 5.75 Å². The quantitative estimate of drug-likeness (QED) is 0.291. The molecule has 0 radical (unpaired) electrons. The summed E-state index contributed by atoms with van der Waals surface area (Å²) < 4.78 is 5.11. The molecule has 0 bridgehead atoms. The number of carbonyl (C=O) groups is 1. The number of nitrogens with zero attached hydrogens (tertiary/aromatic N) is 2. The summed E-state index contributed by atoms with van der Waals surface area (Å²) in [5, 5.41) is 6.33. The minimum atomic E-state index is -0.0726. The van der Waals surface area contributed by atoms with Gasteiger partial charge in [-0.15, -0.1) is 24.0 Å². The molecule has 1 aromatic carbocycles. The third kappa shape index (κ3) is 5.73. The van der Waals surface area contributed by atoms with Crippen LogP contribution in [0.4, 0.5) is 0 Å². The molecule has 1 saturated carbocycles. The number of likely N-dealkylation sites (tertiary alicyclic amines) is 1. The van der Waals surface area contributed by atoms with Crippen LogP contribution in [-0.2, 0) is 0 Å². The average Bonchev–Trinajstić information content (AvgIpc) is 3.11. The summed E-state index contributed by atoms with van der Waals surface area (Å²) in [6, 6.07) is 7.13. The lowest BCUT2D eigenvalue weighted by atomic mass is 9.82. The van der Waals surface area contributed by atoms with Crippen molar-refractivity contribution in [3.05, 3.63) is 29.8 Å². The topological polar surface area (TPSA) is 66.0 Å². The van der Waals surface area contributed by atoms with E-state index in [0.29, 0.717) is 18.7 Å². The molecule has 2 N–H and O–H groups in total. The average molecular weight is 486 g/mol. The molecule has 1 aliphatic carbocycles. The number of carbonyl (C=O) groups excluding carboxylic acids is 1. The molecule has 150 valence electrons. The first kappa shape index (κ1) is 21.8. The molecule has 1 amide bonds. The largest absolute Gasteiger partial charge is 0.497 e. The molecule has 2 unspecified atom stereocenters. The zero-order valence-electron chi connectivity index (χ0n) is 16.2. The fourth-order valence-electron chi connectivity index (χ4n) is 4.11. The lowest BCUT2D eigenvalue weighted by Crippen LogP contribution is -2.43. The van der Waals surface area contributed by atoms with Crippen molar-refractivity contribution in [2.45, 2.75) is 25.7 Å². The van der Waals surface area contributed by atoms with Crippen molar-refractivity contribution >= 4 is 35.8 Å². The van der Waals surface area contributed by atoms with E-state index in [1.165, 1.54) is 25.7 Å². The molecule has 0 spiro atoms. The smallest absolute Gasteiger partial charge is 0.251 e. The van der Waals surface area contributed by atoms with E-state index in [1.807, 2.05) is 7.05 Å². The van der Waals surface area contributed by atoms with E-state index in [1.54, 1.807) is 31.4 Å². The van der Waals surface area contributed by atoms with E-state index in [9.17, 15) is 4.79 Å². The van der Waals surface area contributed by atoms with Crippen LogP contribution in [0, 0.1) is 11.8 Å². The van der Waals surface area contributed by atoms with Gasteiger partial charge in [0.15, 0.2) is 5.96 Å². The Morgan fingerprint density at radius 2 is 1.70 bits per heavy atom. The van der Waals surface area contributed by atoms with Crippen LogP contribution in [0.1, 0.15) is 36.0 Å². The number of amides is 1. The van der Waals surface area contributed by atoms with Gasteiger partial charge in [-0.2, -0.15) is 0 Å². The number of benzene rings is 1. The Hall–Kier alpha value is -1.51. The maximum atomic E-state index is 12.2. The number of rotatable bonds is 5. The molecule has 1 heterocycles. The number of hydrogen-bond donors (Lipinski definition) is 2. The molecule has 1 aromatic rings.